The van der Waals surface area contributed by atoms with Crippen LogP contribution in [0.4, 0.5) is 0 Å². The Morgan fingerprint density at radius 1 is 1.29 bits per heavy atom. The van der Waals surface area contributed by atoms with Gasteiger partial charge in [0.1, 0.15) is 0 Å². The summed E-state index contributed by atoms with van der Waals surface area (Å²) in [6.07, 6.45) is 1.41. The zero-order valence-electron chi connectivity index (χ0n) is 9.20. The minimum atomic E-state index is -0.667. The monoisotopic (exact) mass is 264 g/mol. The summed E-state index contributed by atoms with van der Waals surface area (Å²) >= 11 is 3.06. The van der Waals surface area contributed by atoms with E-state index in [1.807, 2.05) is 0 Å². The number of carbonyl (C=O) groups is 1. The van der Waals surface area contributed by atoms with Gasteiger partial charge in [0.25, 0.3) is 0 Å². The molecule has 1 saturated heterocycles. The van der Waals surface area contributed by atoms with Crippen LogP contribution >= 0.6 is 0 Å². The maximum absolute atomic E-state index is 11.0. The summed E-state index contributed by atoms with van der Waals surface area (Å²) in [5.74, 6) is -0.885. The molecule has 81 valence electrons. The Morgan fingerprint density at radius 2 is 1.64 bits per heavy atom. The van der Waals surface area contributed by atoms with Gasteiger partial charge in [-0.3, -0.25) is 0 Å². The number of carboxylic acids is 1. The molecule has 0 amide bonds. The van der Waals surface area contributed by atoms with Gasteiger partial charge < -0.3 is 0 Å². The van der Waals surface area contributed by atoms with Crippen LogP contribution in [0, 0.1) is 5.92 Å². The van der Waals surface area contributed by atoms with Gasteiger partial charge in [0.05, 0.1) is 0 Å². The molecule has 1 aliphatic heterocycles. The standard InChI is InChI=1S/C10H18NO2Se/c1-9(2)5-7(8(12)13)6-10(3,4)11(9)14/h7H,5-6H2,1-4H3,(H,12,13). The first-order valence-electron chi connectivity index (χ1n) is 4.87. The summed E-state index contributed by atoms with van der Waals surface area (Å²) in [5, 5.41) is 9.06. The SMILES string of the molecule is CC1(C)CC(C(=O)O)CC(C)(C)N1[Se]. The molecule has 14 heavy (non-hydrogen) atoms. The van der Waals surface area contributed by atoms with E-state index in [9.17, 15) is 4.79 Å². The number of hydrogen-bond acceptors (Lipinski definition) is 2. The maximum atomic E-state index is 11.0. The molecule has 0 aromatic carbocycles. The van der Waals surface area contributed by atoms with Crippen molar-refractivity contribution in [1.29, 1.82) is 0 Å². The van der Waals surface area contributed by atoms with Crippen molar-refractivity contribution < 1.29 is 9.90 Å². The van der Waals surface area contributed by atoms with E-state index in [1.54, 1.807) is 0 Å². The van der Waals surface area contributed by atoms with Gasteiger partial charge >= 0.3 is 93.5 Å². The van der Waals surface area contributed by atoms with Gasteiger partial charge in [-0.05, 0) is 0 Å². The number of carboxylic acid groups (broad SMARTS) is 1. The van der Waals surface area contributed by atoms with Crippen molar-refractivity contribution in [3.8, 4) is 0 Å². The number of nitrogens with zero attached hydrogens (tertiary/aromatic N) is 1. The van der Waals surface area contributed by atoms with Crippen molar-refractivity contribution in [2.45, 2.75) is 51.6 Å². The van der Waals surface area contributed by atoms with Crippen molar-refractivity contribution in [3.63, 3.8) is 0 Å². The Kier molecular flexibility index (Phi) is 3.01. The topological polar surface area (TPSA) is 40.5 Å². The summed E-state index contributed by atoms with van der Waals surface area (Å²) in [5.41, 5.74) is -0.157. The second-order valence-corrected chi connectivity index (χ2v) is 6.13. The summed E-state index contributed by atoms with van der Waals surface area (Å²) in [6.45, 7) is 8.33. The molecule has 1 rings (SSSR count). The Labute approximate surface area is 93.9 Å². The molecule has 3 nitrogen and oxygen atoms in total. The average molecular weight is 263 g/mol. The van der Waals surface area contributed by atoms with Crippen LogP contribution in [-0.4, -0.2) is 42.3 Å². The first kappa shape index (κ1) is 12.0. The van der Waals surface area contributed by atoms with E-state index in [0.717, 1.165) is 0 Å². The Balaban J connectivity index is 2.91. The summed E-state index contributed by atoms with van der Waals surface area (Å²) < 4.78 is 2.17. The average Bonchev–Trinajstić information content (AvgIpc) is 1.98. The fourth-order valence-corrected chi connectivity index (χ4v) is 2.75. The predicted molar refractivity (Wildman–Crippen MR) is 56.1 cm³/mol. The van der Waals surface area contributed by atoms with E-state index in [1.165, 1.54) is 0 Å². The van der Waals surface area contributed by atoms with Crippen LogP contribution < -0.4 is 0 Å². The molecule has 4 heteroatoms. The van der Waals surface area contributed by atoms with Gasteiger partial charge in [-0.2, -0.15) is 0 Å². The van der Waals surface area contributed by atoms with Crippen molar-refractivity contribution in [1.82, 2.24) is 3.92 Å². The van der Waals surface area contributed by atoms with Gasteiger partial charge in [-0.1, -0.05) is 0 Å². The van der Waals surface area contributed by atoms with E-state index >= 15 is 0 Å². The molecule has 1 heterocycles. The molecular formula is C10H18NO2Se. The van der Waals surface area contributed by atoms with Crippen LogP contribution in [0.1, 0.15) is 40.5 Å². The number of aliphatic carboxylic acids is 1. The normalized spacial score (nSPS) is 27.5. The molecule has 1 N–H and O–H groups in total. The minimum absolute atomic E-state index is 0.0786. The van der Waals surface area contributed by atoms with Crippen LogP contribution in [0.3, 0.4) is 0 Å². The molecule has 0 bridgehead atoms. The fraction of sp³-hybridized carbons (Fsp3) is 0.900. The van der Waals surface area contributed by atoms with Crippen molar-refractivity contribution >= 4 is 22.2 Å². The van der Waals surface area contributed by atoms with Gasteiger partial charge in [0.15, 0.2) is 0 Å². The van der Waals surface area contributed by atoms with Crippen LogP contribution in [-0.2, 0) is 4.79 Å². The van der Waals surface area contributed by atoms with Crippen LogP contribution in [0.5, 0.6) is 0 Å². The Bertz CT molecular complexity index is 233. The molecule has 0 aromatic heterocycles. The zero-order chi connectivity index (χ0) is 11.1. The van der Waals surface area contributed by atoms with Gasteiger partial charge in [-0.15, -0.1) is 0 Å². The second-order valence-electron chi connectivity index (χ2n) is 5.36. The summed E-state index contributed by atoms with van der Waals surface area (Å²) in [7, 11) is 0. The van der Waals surface area contributed by atoms with Crippen LogP contribution in [0.2, 0.25) is 0 Å². The molecular weight excluding hydrogens is 245 g/mol. The van der Waals surface area contributed by atoms with Crippen molar-refractivity contribution in [3.05, 3.63) is 0 Å². The second kappa shape index (κ2) is 3.51. The van der Waals surface area contributed by atoms with Crippen LogP contribution in [0.25, 0.3) is 0 Å². The number of hydrogen-bond donors (Lipinski definition) is 1. The molecule has 1 fully saturated rings. The zero-order valence-corrected chi connectivity index (χ0v) is 10.9. The fourth-order valence-electron chi connectivity index (χ4n) is 2.44. The molecule has 0 spiro atoms. The van der Waals surface area contributed by atoms with Gasteiger partial charge in [0.2, 0.25) is 0 Å². The van der Waals surface area contributed by atoms with E-state index in [4.69, 9.17) is 5.11 Å². The van der Waals surface area contributed by atoms with E-state index in [-0.39, 0.29) is 17.0 Å². The van der Waals surface area contributed by atoms with E-state index in [0.29, 0.717) is 12.8 Å². The molecule has 1 aliphatic rings. The molecule has 0 unspecified atom stereocenters. The molecule has 0 aromatic rings. The first-order valence-corrected chi connectivity index (χ1v) is 5.64. The quantitative estimate of drug-likeness (QED) is 0.727. The first-order chi connectivity index (χ1) is 6.17. The Hall–Kier alpha value is -0.0505. The molecule has 0 saturated carbocycles. The van der Waals surface area contributed by atoms with Crippen molar-refractivity contribution in [2.75, 3.05) is 0 Å². The third kappa shape index (κ3) is 2.13. The summed E-state index contributed by atoms with van der Waals surface area (Å²) in [4.78, 5) is 11.0. The Morgan fingerprint density at radius 3 is 1.93 bits per heavy atom. The molecule has 0 aliphatic carbocycles. The third-order valence-corrected chi connectivity index (χ3v) is 5.01. The van der Waals surface area contributed by atoms with Gasteiger partial charge in [0, 0.05) is 0 Å². The third-order valence-electron chi connectivity index (χ3n) is 2.94. The van der Waals surface area contributed by atoms with E-state index < -0.39 is 5.97 Å². The van der Waals surface area contributed by atoms with Crippen molar-refractivity contribution in [2.24, 2.45) is 5.92 Å². The van der Waals surface area contributed by atoms with E-state index in [2.05, 4.69) is 47.8 Å². The van der Waals surface area contributed by atoms with Gasteiger partial charge in [-0.25, -0.2) is 0 Å². The predicted octanol–water partition coefficient (Wildman–Crippen LogP) is 1.42. The van der Waals surface area contributed by atoms with Crippen LogP contribution in [0.15, 0.2) is 0 Å². The number of piperidine rings is 1. The summed E-state index contributed by atoms with van der Waals surface area (Å²) in [6, 6.07) is 0. The molecule has 0 atom stereocenters. The molecule has 1 radical (unpaired) electrons. The number of rotatable bonds is 1.